The van der Waals surface area contributed by atoms with Crippen LogP contribution in [0, 0.1) is 11.7 Å². The number of piperidine rings is 2. The molecule has 1 N–H and O–H groups in total. The number of carbonyl (C=O) groups is 2. The van der Waals surface area contributed by atoms with Crippen molar-refractivity contribution in [3.63, 3.8) is 0 Å². The third-order valence-electron chi connectivity index (χ3n) is 8.03. The number of carboxylic acid groups (broad SMARTS) is 1. The van der Waals surface area contributed by atoms with E-state index in [0.29, 0.717) is 63.1 Å². The Kier molecular flexibility index (Phi) is 8.25. The van der Waals surface area contributed by atoms with Gasteiger partial charge in [0.1, 0.15) is 5.82 Å². The SMILES string of the molecule is O=C(O)C1CCN(c2cc(F)cc(CN3CCCC34CCN(C(=O)OC(C(F)(F)F)C(F)(F)F)CC4)c2)CC1. The lowest BCUT2D eigenvalue weighted by Gasteiger charge is -2.45. The summed E-state index contributed by atoms with van der Waals surface area (Å²) in [6.45, 7) is 1.90. The minimum Gasteiger partial charge on any atom is -0.481 e. The summed E-state index contributed by atoms with van der Waals surface area (Å²) in [7, 11) is 0. The molecule has 1 aromatic rings. The first-order chi connectivity index (χ1) is 18.2. The van der Waals surface area contributed by atoms with Gasteiger partial charge in [0.15, 0.2) is 0 Å². The summed E-state index contributed by atoms with van der Waals surface area (Å²) in [5.41, 5.74) is 0.937. The molecule has 0 aliphatic carbocycles. The molecule has 0 atom stereocenters. The number of carbonyl (C=O) groups excluding carboxylic acids is 1. The van der Waals surface area contributed by atoms with E-state index in [1.807, 2.05) is 11.0 Å². The molecule has 14 heteroatoms. The highest BCUT2D eigenvalue weighted by Crippen LogP contribution is 2.41. The summed E-state index contributed by atoms with van der Waals surface area (Å²) >= 11 is 0. The van der Waals surface area contributed by atoms with Crippen molar-refractivity contribution in [2.45, 2.75) is 69.1 Å². The fourth-order valence-corrected chi connectivity index (χ4v) is 5.92. The first-order valence-corrected chi connectivity index (χ1v) is 12.8. The van der Waals surface area contributed by atoms with Gasteiger partial charge in [-0.25, -0.2) is 9.18 Å². The van der Waals surface area contributed by atoms with E-state index < -0.39 is 47.8 Å². The number of rotatable bonds is 5. The Morgan fingerprint density at radius 1 is 0.949 bits per heavy atom. The lowest BCUT2D eigenvalue weighted by atomic mass is 9.85. The smallest absolute Gasteiger partial charge is 0.434 e. The summed E-state index contributed by atoms with van der Waals surface area (Å²) in [5, 5.41) is 9.21. The number of carboxylic acids is 1. The van der Waals surface area contributed by atoms with Crippen LogP contribution in [0.5, 0.6) is 0 Å². The lowest BCUT2D eigenvalue weighted by Crippen LogP contribution is -2.54. The van der Waals surface area contributed by atoms with Crippen LogP contribution in [0.15, 0.2) is 18.2 Å². The minimum atomic E-state index is -5.77. The first-order valence-electron chi connectivity index (χ1n) is 12.8. The van der Waals surface area contributed by atoms with Crippen LogP contribution >= 0.6 is 0 Å². The fourth-order valence-electron chi connectivity index (χ4n) is 5.92. The summed E-state index contributed by atoms with van der Waals surface area (Å²) < 4.78 is 95.1. The van der Waals surface area contributed by atoms with Gasteiger partial charge in [0.2, 0.25) is 0 Å². The molecule has 39 heavy (non-hydrogen) atoms. The van der Waals surface area contributed by atoms with Crippen LogP contribution in [-0.2, 0) is 16.1 Å². The maximum Gasteiger partial charge on any atom is 0.434 e. The van der Waals surface area contributed by atoms with Crippen LogP contribution in [0.25, 0.3) is 0 Å². The van der Waals surface area contributed by atoms with E-state index in [4.69, 9.17) is 0 Å². The summed E-state index contributed by atoms with van der Waals surface area (Å²) in [6.07, 6.45) is -14.3. The van der Waals surface area contributed by atoms with E-state index in [1.54, 1.807) is 0 Å². The van der Waals surface area contributed by atoms with Crippen LogP contribution in [0.1, 0.15) is 44.1 Å². The van der Waals surface area contributed by atoms with Crippen molar-refractivity contribution in [3.05, 3.63) is 29.6 Å². The van der Waals surface area contributed by atoms with Crippen molar-refractivity contribution in [1.82, 2.24) is 9.80 Å². The molecule has 4 rings (SSSR count). The van der Waals surface area contributed by atoms with E-state index in [9.17, 15) is 45.4 Å². The standard InChI is InChI=1S/C25H30F7N3O4/c26-18-12-16(13-19(14-18)33-8-2-17(3-9-33)20(36)37)15-35-7-1-4-23(35)5-10-34(11-6-23)22(38)39-21(24(27,28)29)25(30,31)32/h12-14,17,21H,1-11,15H2,(H,36,37). The van der Waals surface area contributed by atoms with Crippen molar-refractivity contribution in [1.29, 1.82) is 0 Å². The molecule has 3 heterocycles. The van der Waals surface area contributed by atoms with Crippen molar-refractivity contribution >= 4 is 17.7 Å². The van der Waals surface area contributed by atoms with Gasteiger partial charge in [-0.05, 0) is 68.8 Å². The number of likely N-dealkylation sites (tertiary alicyclic amines) is 2. The molecule has 0 unspecified atom stereocenters. The Bertz CT molecular complexity index is 1040. The van der Waals surface area contributed by atoms with Gasteiger partial charge in [-0.15, -0.1) is 0 Å². The third kappa shape index (κ3) is 6.69. The van der Waals surface area contributed by atoms with E-state index in [0.717, 1.165) is 17.7 Å². The van der Waals surface area contributed by atoms with Gasteiger partial charge in [0, 0.05) is 44.0 Å². The van der Waals surface area contributed by atoms with E-state index >= 15 is 0 Å². The van der Waals surface area contributed by atoms with Crippen LogP contribution in [0.3, 0.4) is 0 Å². The van der Waals surface area contributed by atoms with Crippen LogP contribution < -0.4 is 4.90 Å². The molecule has 3 aliphatic rings. The molecule has 3 aliphatic heterocycles. The number of alkyl halides is 6. The second-order valence-corrected chi connectivity index (χ2v) is 10.5. The zero-order valence-corrected chi connectivity index (χ0v) is 21.0. The molecule has 0 bridgehead atoms. The topological polar surface area (TPSA) is 73.3 Å². The van der Waals surface area contributed by atoms with Crippen molar-refractivity contribution in [3.8, 4) is 0 Å². The van der Waals surface area contributed by atoms with Gasteiger partial charge in [0.25, 0.3) is 6.10 Å². The number of anilines is 1. The maximum atomic E-state index is 14.5. The molecular formula is C25H30F7N3O4. The molecule has 3 fully saturated rings. The fraction of sp³-hybridized carbons (Fsp3) is 0.680. The first kappa shape index (κ1) is 29.2. The Balaban J connectivity index is 1.39. The highest BCUT2D eigenvalue weighted by atomic mass is 19.4. The van der Waals surface area contributed by atoms with Crippen LogP contribution in [0.4, 0.5) is 41.2 Å². The van der Waals surface area contributed by atoms with E-state index in [1.165, 1.54) is 12.1 Å². The number of hydrogen-bond donors (Lipinski definition) is 1. The maximum absolute atomic E-state index is 14.5. The second kappa shape index (κ2) is 11.0. The third-order valence-corrected chi connectivity index (χ3v) is 8.03. The van der Waals surface area contributed by atoms with Gasteiger partial charge >= 0.3 is 24.4 Å². The monoisotopic (exact) mass is 569 g/mol. The zero-order chi connectivity index (χ0) is 28.6. The van der Waals surface area contributed by atoms with Crippen molar-refractivity contribution in [2.75, 3.05) is 37.6 Å². The quantitative estimate of drug-likeness (QED) is 0.493. The van der Waals surface area contributed by atoms with Crippen molar-refractivity contribution < 1.29 is 50.2 Å². The average Bonchev–Trinajstić information content (AvgIpc) is 3.22. The highest BCUT2D eigenvalue weighted by molar-refractivity contribution is 5.70. The van der Waals surface area contributed by atoms with Gasteiger partial charge < -0.3 is 19.6 Å². The predicted octanol–water partition coefficient (Wildman–Crippen LogP) is 5.19. The Morgan fingerprint density at radius 3 is 2.13 bits per heavy atom. The normalized spacial score (nSPS) is 21.1. The molecule has 218 valence electrons. The molecule has 1 spiro atoms. The second-order valence-electron chi connectivity index (χ2n) is 10.5. The predicted molar refractivity (Wildman–Crippen MR) is 125 cm³/mol. The number of amides is 1. The molecule has 0 saturated carbocycles. The van der Waals surface area contributed by atoms with E-state index in [-0.39, 0.29) is 13.1 Å². The van der Waals surface area contributed by atoms with Crippen LogP contribution in [-0.4, -0.2) is 83.7 Å². The zero-order valence-electron chi connectivity index (χ0n) is 21.0. The number of benzene rings is 1. The Hall–Kier alpha value is -2.77. The van der Waals surface area contributed by atoms with Gasteiger partial charge in [-0.2, -0.15) is 26.3 Å². The number of nitrogens with zero attached hydrogens (tertiary/aromatic N) is 3. The summed E-state index contributed by atoms with van der Waals surface area (Å²) in [4.78, 5) is 28.4. The van der Waals surface area contributed by atoms with Gasteiger partial charge in [0.05, 0.1) is 5.92 Å². The number of hydrogen-bond acceptors (Lipinski definition) is 5. The molecular weight excluding hydrogens is 539 g/mol. The number of ether oxygens (including phenoxy) is 1. The van der Waals surface area contributed by atoms with E-state index in [2.05, 4.69) is 9.64 Å². The van der Waals surface area contributed by atoms with Gasteiger partial charge in [-0.1, -0.05) is 0 Å². The molecule has 0 radical (unpaired) electrons. The van der Waals surface area contributed by atoms with Gasteiger partial charge in [-0.3, -0.25) is 9.69 Å². The lowest BCUT2D eigenvalue weighted by molar-refractivity contribution is -0.308. The molecule has 7 nitrogen and oxygen atoms in total. The van der Waals surface area contributed by atoms with Crippen molar-refractivity contribution in [2.24, 2.45) is 5.92 Å². The minimum absolute atomic E-state index is 0.0648. The Labute approximate surface area is 220 Å². The molecule has 1 amide bonds. The summed E-state index contributed by atoms with van der Waals surface area (Å²) in [5.74, 6) is -1.69. The molecule has 0 aromatic heterocycles. The Morgan fingerprint density at radius 2 is 1.56 bits per heavy atom. The largest absolute Gasteiger partial charge is 0.481 e. The molecule has 3 saturated heterocycles. The average molecular weight is 570 g/mol. The summed E-state index contributed by atoms with van der Waals surface area (Å²) in [6, 6.07) is 4.68. The highest BCUT2D eigenvalue weighted by Gasteiger charge is 2.60. The number of halogens is 7. The molecule has 1 aromatic carbocycles. The number of aliphatic carboxylic acids is 1. The van der Waals surface area contributed by atoms with Crippen LogP contribution in [0.2, 0.25) is 0 Å².